The molecular formula is C15H23NO3. The summed E-state index contributed by atoms with van der Waals surface area (Å²) >= 11 is 0. The number of hydrogen-bond acceptors (Lipinski definition) is 4. The van der Waals surface area contributed by atoms with Crippen molar-refractivity contribution in [3.05, 3.63) is 29.8 Å². The van der Waals surface area contributed by atoms with E-state index in [0.29, 0.717) is 19.8 Å². The third-order valence-electron chi connectivity index (χ3n) is 3.33. The highest BCUT2D eigenvalue weighted by molar-refractivity contribution is 5.36. The van der Waals surface area contributed by atoms with E-state index >= 15 is 0 Å². The van der Waals surface area contributed by atoms with E-state index in [1.54, 1.807) is 0 Å². The molecule has 1 N–H and O–H groups in total. The molecule has 1 aromatic carbocycles. The molecule has 1 heterocycles. The zero-order chi connectivity index (χ0) is 13.5. The van der Waals surface area contributed by atoms with Crippen molar-refractivity contribution in [2.45, 2.75) is 25.5 Å². The van der Waals surface area contributed by atoms with E-state index in [1.165, 1.54) is 0 Å². The van der Waals surface area contributed by atoms with Gasteiger partial charge in [0.2, 0.25) is 0 Å². The first kappa shape index (κ1) is 14.3. The lowest BCUT2D eigenvalue weighted by atomic mass is 10.1. The quantitative estimate of drug-likeness (QED) is 0.820. The Bertz CT molecular complexity index is 377. The van der Waals surface area contributed by atoms with Crippen molar-refractivity contribution in [1.82, 2.24) is 5.32 Å². The molecule has 2 rings (SSSR count). The molecule has 2 atom stereocenters. The molecular weight excluding hydrogens is 242 g/mol. The maximum atomic E-state index is 5.90. The Labute approximate surface area is 115 Å². The zero-order valence-electron chi connectivity index (χ0n) is 11.7. The van der Waals surface area contributed by atoms with Crippen molar-refractivity contribution in [2.24, 2.45) is 0 Å². The van der Waals surface area contributed by atoms with Gasteiger partial charge in [-0.1, -0.05) is 18.2 Å². The van der Waals surface area contributed by atoms with E-state index in [0.717, 1.165) is 24.3 Å². The van der Waals surface area contributed by atoms with Gasteiger partial charge in [-0.2, -0.15) is 0 Å². The Kier molecular flexibility index (Phi) is 5.63. The van der Waals surface area contributed by atoms with Gasteiger partial charge in [-0.15, -0.1) is 0 Å². The summed E-state index contributed by atoms with van der Waals surface area (Å²) in [6.45, 7) is 4.82. The molecule has 0 amide bonds. The Hall–Kier alpha value is -1.10. The number of benzene rings is 1. The first-order chi connectivity index (χ1) is 9.35. The van der Waals surface area contributed by atoms with Gasteiger partial charge >= 0.3 is 0 Å². The Morgan fingerprint density at radius 1 is 1.42 bits per heavy atom. The highest BCUT2D eigenvalue weighted by Crippen LogP contribution is 2.25. The minimum absolute atomic E-state index is 0.142. The van der Waals surface area contributed by atoms with Crippen LogP contribution in [-0.2, 0) is 9.47 Å². The molecule has 4 heteroatoms. The normalized spacial score (nSPS) is 20.4. The van der Waals surface area contributed by atoms with E-state index < -0.39 is 0 Å². The fraction of sp³-hybridized carbons (Fsp3) is 0.600. The second-order valence-corrected chi connectivity index (χ2v) is 4.63. The molecule has 0 radical (unpaired) electrons. The van der Waals surface area contributed by atoms with Crippen molar-refractivity contribution < 1.29 is 14.2 Å². The van der Waals surface area contributed by atoms with Crippen LogP contribution in [0.25, 0.3) is 0 Å². The first-order valence-corrected chi connectivity index (χ1v) is 6.93. The van der Waals surface area contributed by atoms with E-state index in [-0.39, 0.29) is 12.1 Å². The zero-order valence-corrected chi connectivity index (χ0v) is 11.7. The van der Waals surface area contributed by atoms with Gasteiger partial charge in [0.25, 0.3) is 0 Å². The minimum Gasteiger partial charge on any atom is -0.494 e. The van der Waals surface area contributed by atoms with Gasteiger partial charge in [-0.3, -0.25) is 0 Å². The molecule has 1 saturated heterocycles. The molecule has 0 aromatic heterocycles. The summed E-state index contributed by atoms with van der Waals surface area (Å²) in [6, 6.07) is 8.25. The van der Waals surface area contributed by atoms with Gasteiger partial charge in [0, 0.05) is 12.2 Å². The van der Waals surface area contributed by atoms with Gasteiger partial charge in [0.1, 0.15) is 5.75 Å². The van der Waals surface area contributed by atoms with Crippen LogP contribution in [-0.4, -0.2) is 39.6 Å². The predicted molar refractivity (Wildman–Crippen MR) is 74.6 cm³/mol. The summed E-state index contributed by atoms with van der Waals surface area (Å²) in [5.74, 6) is 0.927. The Morgan fingerprint density at radius 3 is 2.95 bits per heavy atom. The maximum Gasteiger partial charge on any atom is 0.124 e. The number of ether oxygens (including phenoxy) is 3. The monoisotopic (exact) mass is 265 g/mol. The van der Waals surface area contributed by atoms with Gasteiger partial charge in [0.05, 0.1) is 32.0 Å². The van der Waals surface area contributed by atoms with Crippen molar-refractivity contribution in [3.8, 4) is 5.75 Å². The van der Waals surface area contributed by atoms with Crippen LogP contribution in [0.4, 0.5) is 0 Å². The largest absolute Gasteiger partial charge is 0.494 e. The van der Waals surface area contributed by atoms with Crippen LogP contribution in [0.3, 0.4) is 0 Å². The molecule has 4 nitrogen and oxygen atoms in total. The average Bonchev–Trinajstić information content (AvgIpc) is 2.95. The molecule has 1 fully saturated rings. The van der Waals surface area contributed by atoms with E-state index in [2.05, 4.69) is 11.4 Å². The molecule has 106 valence electrons. The van der Waals surface area contributed by atoms with Gasteiger partial charge < -0.3 is 19.5 Å². The van der Waals surface area contributed by atoms with Crippen LogP contribution in [0.1, 0.15) is 24.9 Å². The average molecular weight is 265 g/mol. The van der Waals surface area contributed by atoms with Crippen molar-refractivity contribution in [2.75, 3.05) is 33.5 Å². The van der Waals surface area contributed by atoms with Crippen LogP contribution in [0, 0.1) is 0 Å². The van der Waals surface area contributed by atoms with E-state index in [4.69, 9.17) is 14.2 Å². The number of hydrogen-bond donors (Lipinski definition) is 1. The lowest BCUT2D eigenvalue weighted by Gasteiger charge is -2.21. The molecule has 0 spiro atoms. The van der Waals surface area contributed by atoms with Crippen LogP contribution < -0.4 is 10.1 Å². The van der Waals surface area contributed by atoms with Crippen molar-refractivity contribution in [1.29, 1.82) is 0 Å². The van der Waals surface area contributed by atoms with Crippen LogP contribution in [0.5, 0.6) is 5.75 Å². The summed E-state index contributed by atoms with van der Waals surface area (Å²) in [5.41, 5.74) is 1.14. The molecule has 2 unspecified atom stereocenters. The van der Waals surface area contributed by atoms with E-state index in [1.807, 2.05) is 32.2 Å². The fourth-order valence-electron chi connectivity index (χ4n) is 2.26. The molecule has 0 aliphatic carbocycles. The maximum absolute atomic E-state index is 5.90. The SMILES string of the molecule is CCOc1ccccc1C(COC1CCOC1)NC. The van der Waals surface area contributed by atoms with Gasteiger partial charge in [-0.25, -0.2) is 0 Å². The summed E-state index contributed by atoms with van der Waals surface area (Å²) < 4.78 is 16.9. The number of nitrogens with one attached hydrogen (secondary N) is 1. The third kappa shape index (κ3) is 3.93. The van der Waals surface area contributed by atoms with Gasteiger partial charge in [0.15, 0.2) is 0 Å². The van der Waals surface area contributed by atoms with Crippen molar-refractivity contribution >= 4 is 0 Å². The summed E-state index contributed by atoms with van der Waals surface area (Å²) in [4.78, 5) is 0. The highest BCUT2D eigenvalue weighted by atomic mass is 16.5. The van der Waals surface area contributed by atoms with Crippen LogP contribution >= 0.6 is 0 Å². The number of para-hydroxylation sites is 1. The van der Waals surface area contributed by atoms with Crippen LogP contribution in [0.2, 0.25) is 0 Å². The molecule has 1 aliphatic rings. The third-order valence-corrected chi connectivity index (χ3v) is 3.33. The Morgan fingerprint density at radius 2 is 2.26 bits per heavy atom. The summed E-state index contributed by atoms with van der Waals surface area (Å²) in [7, 11) is 1.95. The number of likely N-dealkylation sites (N-methyl/N-ethyl adjacent to an activating group) is 1. The molecule has 19 heavy (non-hydrogen) atoms. The van der Waals surface area contributed by atoms with Crippen LogP contribution in [0.15, 0.2) is 24.3 Å². The smallest absolute Gasteiger partial charge is 0.124 e. The molecule has 0 bridgehead atoms. The number of rotatable bonds is 7. The molecule has 1 aromatic rings. The molecule has 1 aliphatic heterocycles. The summed E-state index contributed by atoms with van der Waals surface area (Å²) in [5, 5.41) is 3.30. The first-order valence-electron chi connectivity index (χ1n) is 6.93. The topological polar surface area (TPSA) is 39.7 Å². The second kappa shape index (κ2) is 7.48. The minimum atomic E-state index is 0.142. The second-order valence-electron chi connectivity index (χ2n) is 4.63. The fourth-order valence-corrected chi connectivity index (χ4v) is 2.26. The van der Waals surface area contributed by atoms with Gasteiger partial charge in [-0.05, 0) is 26.5 Å². The molecule has 0 saturated carbocycles. The standard InChI is InChI=1S/C15H23NO3/c1-3-18-15-7-5-4-6-13(15)14(16-2)11-19-12-8-9-17-10-12/h4-7,12,14,16H,3,8-11H2,1-2H3. The highest BCUT2D eigenvalue weighted by Gasteiger charge is 2.20. The lowest BCUT2D eigenvalue weighted by molar-refractivity contribution is 0.0304. The summed E-state index contributed by atoms with van der Waals surface area (Å²) in [6.07, 6.45) is 1.22. The Balaban J connectivity index is 1.99. The van der Waals surface area contributed by atoms with E-state index in [9.17, 15) is 0 Å². The van der Waals surface area contributed by atoms with Crippen molar-refractivity contribution in [3.63, 3.8) is 0 Å². The predicted octanol–water partition coefficient (Wildman–Crippen LogP) is 2.15. The lowest BCUT2D eigenvalue weighted by Crippen LogP contribution is -2.26.